The van der Waals surface area contributed by atoms with Crippen LogP contribution in [0.1, 0.15) is 45.7 Å². The number of carboxylic acids is 2. The highest BCUT2D eigenvalue weighted by Crippen LogP contribution is 2.30. The lowest BCUT2D eigenvalue weighted by molar-refractivity contribution is 0.0695. The average molecular weight is 238 g/mol. The maximum Gasteiger partial charge on any atom is 0.336 e. The molecule has 0 atom stereocenters. The first-order valence-electron chi connectivity index (χ1n) is 5.28. The maximum absolute atomic E-state index is 11.0. The van der Waals surface area contributed by atoms with Crippen molar-refractivity contribution in [3.8, 4) is 5.75 Å². The van der Waals surface area contributed by atoms with E-state index in [1.54, 1.807) is 13.8 Å². The fraction of sp³-hybridized carbons (Fsp3) is 0.333. The number of carboxylic acid groups (broad SMARTS) is 2. The van der Waals surface area contributed by atoms with Crippen molar-refractivity contribution in [3.63, 3.8) is 0 Å². The second kappa shape index (κ2) is 4.86. The van der Waals surface area contributed by atoms with Gasteiger partial charge in [0.1, 0.15) is 5.75 Å². The van der Waals surface area contributed by atoms with Gasteiger partial charge in [-0.2, -0.15) is 0 Å². The largest absolute Gasteiger partial charge is 0.507 e. The van der Waals surface area contributed by atoms with Crippen LogP contribution in [0.3, 0.4) is 0 Å². The number of phenols is 1. The first-order valence-corrected chi connectivity index (χ1v) is 5.28. The molecule has 0 aliphatic carbocycles. The van der Waals surface area contributed by atoms with Crippen LogP contribution in [0.25, 0.3) is 0 Å². The number of rotatable bonds is 4. The highest BCUT2D eigenvalue weighted by Gasteiger charge is 2.22. The fourth-order valence-electron chi connectivity index (χ4n) is 1.85. The zero-order chi connectivity index (χ0) is 13.2. The average Bonchev–Trinajstić information content (AvgIpc) is 2.27. The minimum absolute atomic E-state index is 0.153. The molecule has 17 heavy (non-hydrogen) atoms. The highest BCUT2D eigenvalue weighted by atomic mass is 16.4. The van der Waals surface area contributed by atoms with Gasteiger partial charge < -0.3 is 15.3 Å². The van der Waals surface area contributed by atoms with Gasteiger partial charge in [-0.15, -0.1) is 0 Å². The lowest BCUT2D eigenvalue weighted by Crippen LogP contribution is -2.10. The van der Waals surface area contributed by atoms with E-state index in [-0.39, 0.29) is 28.0 Å². The van der Waals surface area contributed by atoms with Gasteiger partial charge in [-0.1, -0.05) is 13.8 Å². The van der Waals surface area contributed by atoms with E-state index in [0.717, 1.165) is 6.07 Å². The Balaban J connectivity index is 3.66. The Hall–Kier alpha value is -2.04. The van der Waals surface area contributed by atoms with Crippen molar-refractivity contribution < 1.29 is 24.9 Å². The Morgan fingerprint density at radius 2 is 1.35 bits per heavy atom. The molecule has 0 saturated carbocycles. The summed E-state index contributed by atoms with van der Waals surface area (Å²) in [5.74, 6) is -2.68. The van der Waals surface area contributed by atoms with Crippen molar-refractivity contribution in [2.24, 2.45) is 0 Å². The SMILES string of the molecule is CCc1c(C(=O)O)cc(C(=O)O)c(CC)c1O. The van der Waals surface area contributed by atoms with Gasteiger partial charge in [0, 0.05) is 11.1 Å². The van der Waals surface area contributed by atoms with Crippen molar-refractivity contribution in [3.05, 3.63) is 28.3 Å². The van der Waals surface area contributed by atoms with E-state index in [9.17, 15) is 14.7 Å². The van der Waals surface area contributed by atoms with E-state index >= 15 is 0 Å². The molecular formula is C12H14O5. The molecule has 5 nitrogen and oxygen atoms in total. The molecule has 0 saturated heterocycles. The van der Waals surface area contributed by atoms with Gasteiger partial charge >= 0.3 is 11.9 Å². The van der Waals surface area contributed by atoms with E-state index in [2.05, 4.69) is 0 Å². The van der Waals surface area contributed by atoms with Crippen LogP contribution in [0, 0.1) is 0 Å². The van der Waals surface area contributed by atoms with Gasteiger partial charge in [0.25, 0.3) is 0 Å². The summed E-state index contributed by atoms with van der Waals surface area (Å²) in [6.07, 6.45) is 0.667. The summed E-state index contributed by atoms with van der Waals surface area (Å²) in [4.78, 5) is 22.0. The van der Waals surface area contributed by atoms with Gasteiger partial charge in [0.05, 0.1) is 11.1 Å². The summed E-state index contributed by atoms with van der Waals surface area (Å²) in [7, 11) is 0. The van der Waals surface area contributed by atoms with Gasteiger partial charge in [-0.05, 0) is 18.9 Å². The van der Waals surface area contributed by atoms with Crippen LogP contribution in [0.4, 0.5) is 0 Å². The fourth-order valence-corrected chi connectivity index (χ4v) is 1.85. The molecule has 1 rings (SSSR count). The van der Waals surface area contributed by atoms with Crippen LogP contribution in [0.15, 0.2) is 6.07 Å². The van der Waals surface area contributed by atoms with E-state index < -0.39 is 11.9 Å². The summed E-state index contributed by atoms with van der Waals surface area (Å²) < 4.78 is 0. The van der Waals surface area contributed by atoms with Crippen LogP contribution in [-0.4, -0.2) is 27.3 Å². The molecule has 0 bridgehead atoms. The molecule has 92 valence electrons. The first kappa shape index (κ1) is 13.0. The van der Waals surface area contributed by atoms with Gasteiger partial charge in [0.2, 0.25) is 0 Å². The minimum atomic E-state index is -1.23. The predicted molar refractivity (Wildman–Crippen MR) is 60.8 cm³/mol. The van der Waals surface area contributed by atoms with Crippen LogP contribution in [0.2, 0.25) is 0 Å². The molecule has 0 unspecified atom stereocenters. The Morgan fingerprint density at radius 3 is 1.59 bits per heavy atom. The second-order valence-corrected chi connectivity index (χ2v) is 3.59. The molecule has 1 aromatic rings. The molecule has 3 N–H and O–H groups in total. The third-order valence-corrected chi connectivity index (χ3v) is 2.68. The van der Waals surface area contributed by atoms with Crippen LogP contribution in [0.5, 0.6) is 5.75 Å². The van der Waals surface area contributed by atoms with Crippen molar-refractivity contribution in [1.29, 1.82) is 0 Å². The van der Waals surface area contributed by atoms with E-state index in [1.807, 2.05) is 0 Å². The molecule has 0 heterocycles. The molecule has 0 radical (unpaired) electrons. The Morgan fingerprint density at radius 1 is 1.00 bits per heavy atom. The van der Waals surface area contributed by atoms with Gasteiger partial charge in [-0.3, -0.25) is 0 Å². The Labute approximate surface area is 98.3 Å². The highest BCUT2D eigenvalue weighted by molar-refractivity contribution is 5.97. The monoisotopic (exact) mass is 238 g/mol. The number of hydrogen-bond donors (Lipinski definition) is 3. The predicted octanol–water partition coefficient (Wildman–Crippen LogP) is 1.91. The lowest BCUT2D eigenvalue weighted by Gasteiger charge is -2.13. The first-order chi connectivity index (χ1) is 7.93. The van der Waals surface area contributed by atoms with E-state index in [1.165, 1.54) is 0 Å². The van der Waals surface area contributed by atoms with Crippen molar-refractivity contribution in [2.75, 3.05) is 0 Å². The number of benzene rings is 1. The molecule has 0 aromatic heterocycles. The van der Waals surface area contributed by atoms with Gasteiger partial charge in [0.15, 0.2) is 0 Å². The molecule has 0 fully saturated rings. The number of phenolic OH excluding ortho intramolecular Hbond substituents is 1. The van der Waals surface area contributed by atoms with Crippen molar-refractivity contribution >= 4 is 11.9 Å². The van der Waals surface area contributed by atoms with Crippen LogP contribution >= 0.6 is 0 Å². The summed E-state index contributed by atoms with van der Waals surface area (Å²) in [6, 6.07) is 1.11. The molecule has 0 aliphatic heterocycles. The summed E-state index contributed by atoms with van der Waals surface area (Å²) >= 11 is 0. The Kier molecular flexibility index (Phi) is 3.73. The van der Waals surface area contributed by atoms with Crippen LogP contribution < -0.4 is 0 Å². The summed E-state index contributed by atoms with van der Waals surface area (Å²) in [5, 5.41) is 27.9. The zero-order valence-electron chi connectivity index (χ0n) is 9.65. The lowest BCUT2D eigenvalue weighted by atomic mass is 9.94. The molecule has 0 spiro atoms. The quantitative estimate of drug-likeness (QED) is 0.744. The van der Waals surface area contributed by atoms with E-state index in [0.29, 0.717) is 12.8 Å². The summed E-state index contributed by atoms with van der Waals surface area (Å²) in [5.41, 5.74) is 0.248. The standard InChI is InChI=1S/C12H14O5/c1-3-6-8(11(14)15)5-9(12(16)17)7(4-2)10(6)13/h5,13H,3-4H2,1-2H3,(H,14,15)(H,16,17). The topological polar surface area (TPSA) is 94.8 Å². The zero-order valence-corrected chi connectivity index (χ0v) is 9.65. The Bertz CT molecular complexity index is 436. The summed E-state index contributed by atoms with van der Waals surface area (Å²) in [6.45, 7) is 3.42. The normalized spacial score (nSPS) is 10.2. The third-order valence-electron chi connectivity index (χ3n) is 2.68. The number of aromatic carboxylic acids is 2. The number of carbonyl (C=O) groups is 2. The van der Waals surface area contributed by atoms with Crippen LogP contribution in [-0.2, 0) is 12.8 Å². The smallest absolute Gasteiger partial charge is 0.336 e. The molecular weight excluding hydrogens is 224 g/mol. The maximum atomic E-state index is 11.0. The van der Waals surface area contributed by atoms with Crippen molar-refractivity contribution in [1.82, 2.24) is 0 Å². The van der Waals surface area contributed by atoms with E-state index in [4.69, 9.17) is 10.2 Å². The molecule has 5 heteroatoms. The van der Waals surface area contributed by atoms with Gasteiger partial charge in [-0.25, -0.2) is 9.59 Å². The third kappa shape index (κ3) is 2.22. The second-order valence-electron chi connectivity index (χ2n) is 3.59. The molecule has 0 amide bonds. The number of hydrogen-bond acceptors (Lipinski definition) is 3. The minimum Gasteiger partial charge on any atom is -0.507 e. The molecule has 0 aliphatic rings. The molecule has 1 aromatic carbocycles. The van der Waals surface area contributed by atoms with Crippen molar-refractivity contribution in [2.45, 2.75) is 26.7 Å². The number of aromatic hydroxyl groups is 1.